The SMILES string of the molecule is COc1cccc(OC)c1NCc1nc2c(-n3ccnc3)cc(-c3ccc(F)cc3)cc2[nH]1. The molecule has 8 heteroatoms. The van der Waals surface area contributed by atoms with Gasteiger partial charge >= 0.3 is 0 Å². The first-order chi connectivity index (χ1) is 16.2. The molecule has 166 valence electrons. The second kappa shape index (κ2) is 8.66. The third-order valence-electron chi connectivity index (χ3n) is 5.44. The zero-order chi connectivity index (χ0) is 22.8. The second-order valence-electron chi connectivity index (χ2n) is 7.44. The molecule has 2 N–H and O–H groups in total. The Hall–Kier alpha value is -4.33. The number of nitrogens with zero attached hydrogens (tertiary/aromatic N) is 3. The summed E-state index contributed by atoms with van der Waals surface area (Å²) in [6.45, 7) is 0.431. The number of hydrogen-bond donors (Lipinski definition) is 2. The lowest BCUT2D eigenvalue weighted by molar-refractivity contribution is 0.397. The molecule has 0 saturated carbocycles. The van der Waals surface area contributed by atoms with Crippen LogP contribution in [0.1, 0.15) is 5.82 Å². The van der Waals surface area contributed by atoms with E-state index in [0.717, 1.165) is 39.4 Å². The summed E-state index contributed by atoms with van der Waals surface area (Å²) in [6, 6.07) is 16.1. The fourth-order valence-corrected chi connectivity index (χ4v) is 3.84. The number of aromatic nitrogens is 4. The lowest BCUT2D eigenvalue weighted by atomic mass is 10.0. The van der Waals surface area contributed by atoms with Gasteiger partial charge < -0.3 is 24.3 Å². The normalized spacial score (nSPS) is 11.0. The first-order valence-electron chi connectivity index (χ1n) is 10.4. The molecule has 0 bridgehead atoms. The Morgan fingerprint density at radius 3 is 2.42 bits per heavy atom. The van der Waals surface area contributed by atoms with Crippen molar-refractivity contribution < 1.29 is 13.9 Å². The van der Waals surface area contributed by atoms with Gasteiger partial charge in [-0.2, -0.15) is 0 Å². The number of rotatable bonds is 7. The number of imidazole rings is 2. The summed E-state index contributed by atoms with van der Waals surface area (Å²) in [5.41, 5.74) is 5.16. The molecule has 7 nitrogen and oxygen atoms in total. The molecule has 0 radical (unpaired) electrons. The van der Waals surface area contributed by atoms with Crippen LogP contribution >= 0.6 is 0 Å². The minimum Gasteiger partial charge on any atom is -0.494 e. The van der Waals surface area contributed by atoms with Crippen LogP contribution in [0.15, 0.2) is 73.3 Å². The number of anilines is 1. The molecule has 33 heavy (non-hydrogen) atoms. The van der Waals surface area contributed by atoms with Gasteiger partial charge in [-0.3, -0.25) is 0 Å². The number of halogens is 1. The Kier molecular flexibility index (Phi) is 5.40. The highest BCUT2D eigenvalue weighted by Gasteiger charge is 2.14. The summed E-state index contributed by atoms with van der Waals surface area (Å²) in [7, 11) is 3.24. The van der Waals surface area contributed by atoms with Crippen molar-refractivity contribution in [1.82, 2.24) is 19.5 Å². The third-order valence-corrected chi connectivity index (χ3v) is 5.44. The molecule has 0 aliphatic carbocycles. The number of methoxy groups -OCH3 is 2. The van der Waals surface area contributed by atoms with E-state index in [9.17, 15) is 4.39 Å². The van der Waals surface area contributed by atoms with Gasteiger partial charge in [0.2, 0.25) is 0 Å². The van der Waals surface area contributed by atoms with Crippen molar-refractivity contribution in [3.05, 3.63) is 85.0 Å². The molecule has 3 aromatic carbocycles. The molecule has 2 heterocycles. The monoisotopic (exact) mass is 443 g/mol. The van der Waals surface area contributed by atoms with Gasteiger partial charge in [-0.1, -0.05) is 18.2 Å². The van der Waals surface area contributed by atoms with Crippen LogP contribution in [0, 0.1) is 5.82 Å². The molecule has 0 aliphatic rings. The molecular weight excluding hydrogens is 421 g/mol. The van der Waals surface area contributed by atoms with Gasteiger partial charge in [-0.25, -0.2) is 14.4 Å². The minimum absolute atomic E-state index is 0.267. The predicted octanol–water partition coefficient (Wildman–Crippen LogP) is 5.18. The largest absolute Gasteiger partial charge is 0.494 e. The van der Waals surface area contributed by atoms with E-state index in [0.29, 0.717) is 18.0 Å². The first-order valence-corrected chi connectivity index (χ1v) is 10.4. The minimum atomic E-state index is -0.267. The predicted molar refractivity (Wildman–Crippen MR) is 125 cm³/mol. The zero-order valence-electron chi connectivity index (χ0n) is 18.2. The Balaban J connectivity index is 1.55. The number of benzene rings is 3. The Bertz CT molecular complexity index is 1370. The van der Waals surface area contributed by atoms with Crippen LogP contribution in [-0.2, 0) is 6.54 Å². The van der Waals surface area contributed by atoms with Gasteiger partial charge in [0.05, 0.1) is 38.3 Å². The summed E-state index contributed by atoms with van der Waals surface area (Å²) >= 11 is 0. The molecule has 5 rings (SSSR count). The van der Waals surface area contributed by atoms with Crippen LogP contribution in [0.4, 0.5) is 10.1 Å². The number of ether oxygens (including phenoxy) is 2. The van der Waals surface area contributed by atoms with Gasteiger partial charge in [0.1, 0.15) is 34.3 Å². The maximum Gasteiger partial charge on any atom is 0.145 e. The highest BCUT2D eigenvalue weighted by atomic mass is 19.1. The van der Waals surface area contributed by atoms with E-state index in [1.807, 2.05) is 41.1 Å². The Labute approximate surface area is 189 Å². The van der Waals surface area contributed by atoms with Crippen molar-refractivity contribution in [2.75, 3.05) is 19.5 Å². The number of fused-ring (bicyclic) bond motifs is 1. The fraction of sp³-hybridized carbons (Fsp3) is 0.120. The highest BCUT2D eigenvalue weighted by Crippen LogP contribution is 2.35. The van der Waals surface area contributed by atoms with Gasteiger partial charge in [-0.05, 0) is 47.5 Å². The number of hydrogen-bond acceptors (Lipinski definition) is 5. The average Bonchev–Trinajstić information content (AvgIpc) is 3.52. The molecular formula is C25H22FN5O2. The van der Waals surface area contributed by atoms with Crippen LogP contribution in [0.2, 0.25) is 0 Å². The quantitative estimate of drug-likeness (QED) is 0.362. The molecule has 5 aromatic rings. The van der Waals surface area contributed by atoms with E-state index < -0.39 is 0 Å². The number of H-pyrrole nitrogens is 1. The smallest absolute Gasteiger partial charge is 0.145 e. The van der Waals surface area contributed by atoms with Gasteiger partial charge in [0.15, 0.2) is 0 Å². The summed E-state index contributed by atoms with van der Waals surface area (Å²) in [4.78, 5) is 12.4. The second-order valence-corrected chi connectivity index (χ2v) is 7.44. The molecule has 0 aliphatic heterocycles. The Morgan fingerprint density at radius 1 is 1.00 bits per heavy atom. The van der Waals surface area contributed by atoms with Crippen LogP contribution in [0.5, 0.6) is 11.5 Å². The van der Waals surface area contributed by atoms with Crippen molar-refractivity contribution in [2.24, 2.45) is 0 Å². The molecule has 0 atom stereocenters. The van der Waals surface area contributed by atoms with Crippen LogP contribution < -0.4 is 14.8 Å². The summed E-state index contributed by atoms with van der Waals surface area (Å²) < 4.78 is 26.3. The average molecular weight is 443 g/mol. The van der Waals surface area contributed by atoms with Crippen molar-refractivity contribution in [3.63, 3.8) is 0 Å². The van der Waals surface area contributed by atoms with Crippen LogP contribution in [0.25, 0.3) is 27.8 Å². The standard InChI is InChI=1S/C25H22FN5O2/c1-32-21-4-3-5-22(33-2)25(21)28-14-23-29-19-12-17(16-6-8-18(26)9-7-16)13-20(24(19)30-23)31-11-10-27-15-31/h3-13,15,28H,14H2,1-2H3,(H,29,30). The van der Waals surface area contributed by atoms with E-state index in [-0.39, 0.29) is 5.82 Å². The fourth-order valence-electron chi connectivity index (χ4n) is 3.84. The summed E-state index contributed by atoms with van der Waals surface area (Å²) in [6.07, 6.45) is 5.32. The van der Waals surface area contributed by atoms with Crippen LogP contribution in [-0.4, -0.2) is 33.7 Å². The van der Waals surface area contributed by atoms with Gasteiger partial charge in [0.25, 0.3) is 0 Å². The maximum atomic E-state index is 13.4. The molecule has 2 aromatic heterocycles. The van der Waals surface area contributed by atoms with E-state index >= 15 is 0 Å². The van der Waals surface area contributed by atoms with Crippen molar-refractivity contribution in [3.8, 4) is 28.3 Å². The molecule has 0 unspecified atom stereocenters. The van der Waals surface area contributed by atoms with Gasteiger partial charge in [-0.15, -0.1) is 0 Å². The molecule has 0 amide bonds. The number of nitrogens with one attached hydrogen (secondary N) is 2. The Morgan fingerprint density at radius 2 is 1.76 bits per heavy atom. The van der Waals surface area contributed by atoms with E-state index in [4.69, 9.17) is 14.5 Å². The van der Waals surface area contributed by atoms with Crippen molar-refractivity contribution in [1.29, 1.82) is 0 Å². The molecule has 0 fully saturated rings. The van der Waals surface area contributed by atoms with E-state index in [1.165, 1.54) is 12.1 Å². The van der Waals surface area contributed by atoms with Crippen LogP contribution in [0.3, 0.4) is 0 Å². The van der Waals surface area contributed by atoms with Crippen molar-refractivity contribution in [2.45, 2.75) is 6.54 Å². The number of para-hydroxylation sites is 1. The topological polar surface area (TPSA) is 77.0 Å². The van der Waals surface area contributed by atoms with E-state index in [1.54, 1.807) is 38.9 Å². The molecule has 0 saturated heterocycles. The van der Waals surface area contributed by atoms with E-state index in [2.05, 4.69) is 15.3 Å². The third kappa shape index (κ3) is 3.98. The first kappa shape index (κ1) is 20.6. The lowest BCUT2D eigenvalue weighted by Crippen LogP contribution is -2.04. The van der Waals surface area contributed by atoms with Crippen molar-refractivity contribution >= 4 is 16.7 Å². The summed E-state index contributed by atoms with van der Waals surface area (Å²) in [5.74, 6) is 1.85. The highest BCUT2D eigenvalue weighted by molar-refractivity contribution is 5.89. The molecule has 0 spiro atoms. The summed E-state index contributed by atoms with van der Waals surface area (Å²) in [5, 5.41) is 3.36. The zero-order valence-corrected chi connectivity index (χ0v) is 18.2. The maximum absolute atomic E-state index is 13.4. The number of aromatic amines is 1. The van der Waals surface area contributed by atoms with Gasteiger partial charge in [0, 0.05) is 12.4 Å². The lowest BCUT2D eigenvalue weighted by Gasteiger charge is -2.13.